The molecule has 0 aliphatic carbocycles. The van der Waals surface area contributed by atoms with Gasteiger partial charge in [0.05, 0.1) is 0 Å². The molecule has 3 heteroatoms. The van der Waals surface area contributed by atoms with E-state index in [1.807, 2.05) is 24.5 Å². The second-order valence-corrected chi connectivity index (χ2v) is 3.81. The van der Waals surface area contributed by atoms with Crippen molar-refractivity contribution in [1.82, 2.24) is 15.2 Å². The molecule has 0 aliphatic rings. The van der Waals surface area contributed by atoms with E-state index in [1.54, 1.807) is 6.20 Å². The van der Waals surface area contributed by atoms with Crippen molar-refractivity contribution < 1.29 is 0 Å². The number of aryl methyl sites for hydroxylation is 1. The average Bonchev–Trinajstić information content (AvgIpc) is 2.80. The third-order valence-electron chi connectivity index (χ3n) is 2.66. The van der Waals surface area contributed by atoms with E-state index in [4.69, 9.17) is 0 Å². The molecule has 0 fully saturated rings. The molecule has 3 nitrogen and oxygen atoms in total. The zero-order valence-corrected chi connectivity index (χ0v) is 8.85. The van der Waals surface area contributed by atoms with Gasteiger partial charge in [-0.15, -0.1) is 0 Å². The van der Waals surface area contributed by atoms with Gasteiger partial charge in [-0.1, -0.05) is 13.0 Å². The second kappa shape index (κ2) is 4.73. The van der Waals surface area contributed by atoms with Gasteiger partial charge < -0.3 is 0 Å². The third kappa shape index (κ3) is 2.65. The topological polar surface area (TPSA) is 41.6 Å². The Labute approximate surface area is 89.6 Å². The summed E-state index contributed by atoms with van der Waals surface area (Å²) in [5, 5.41) is 6.91. The summed E-state index contributed by atoms with van der Waals surface area (Å²) >= 11 is 0. The van der Waals surface area contributed by atoms with Crippen molar-refractivity contribution in [1.29, 1.82) is 0 Å². The number of nitrogens with one attached hydrogen (secondary N) is 1. The number of hydrogen-bond donors (Lipinski definition) is 1. The maximum atomic E-state index is 4.13. The number of aromatic amines is 1. The minimum atomic E-state index is 0.544. The highest BCUT2D eigenvalue weighted by atomic mass is 15.1. The zero-order valence-electron chi connectivity index (χ0n) is 8.85. The van der Waals surface area contributed by atoms with Crippen LogP contribution in [0, 0.1) is 0 Å². The van der Waals surface area contributed by atoms with Gasteiger partial charge in [0.15, 0.2) is 0 Å². The van der Waals surface area contributed by atoms with E-state index in [0.717, 1.165) is 12.8 Å². The molecule has 0 bridgehead atoms. The summed E-state index contributed by atoms with van der Waals surface area (Å²) in [7, 11) is 0. The van der Waals surface area contributed by atoms with Gasteiger partial charge in [0.2, 0.25) is 0 Å². The van der Waals surface area contributed by atoms with Crippen LogP contribution in [0.3, 0.4) is 0 Å². The largest absolute Gasteiger partial charge is 0.283 e. The fourth-order valence-electron chi connectivity index (χ4n) is 1.63. The summed E-state index contributed by atoms with van der Waals surface area (Å²) < 4.78 is 0. The number of H-pyrrole nitrogens is 1. The molecule has 1 unspecified atom stereocenters. The van der Waals surface area contributed by atoms with E-state index in [-0.39, 0.29) is 0 Å². The Bertz CT molecular complexity index is 381. The van der Waals surface area contributed by atoms with Gasteiger partial charge in [0.1, 0.15) is 0 Å². The van der Waals surface area contributed by atoms with Crippen LogP contribution in [0.4, 0.5) is 0 Å². The predicted molar refractivity (Wildman–Crippen MR) is 59.6 cm³/mol. The molecule has 2 aromatic rings. The summed E-state index contributed by atoms with van der Waals surface area (Å²) in [4.78, 5) is 4.13. The van der Waals surface area contributed by atoms with Crippen LogP contribution in [0.15, 0.2) is 36.8 Å². The molecular weight excluding hydrogens is 186 g/mol. The Hall–Kier alpha value is -1.64. The minimum Gasteiger partial charge on any atom is -0.283 e. The van der Waals surface area contributed by atoms with Gasteiger partial charge in [-0.05, 0) is 36.5 Å². The number of aromatic nitrogens is 3. The summed E-state index contributed by atoms with van der Waals surface area (Å²) in [6, 6.07) is 6.14. The van der Waals surface area contributed by atoms with Crippen LogP contribution >= 0.6 is 0 Å². The standard InChI is InChI=1S/C12H15N3/c1-10(11-3-2-7-13-9-11)4-5-12-6-8-14-15-12/h2-3,6-10H,4-5H2,1H3,(H,14,15). The fourth-order valence-corrected chi connectivity index (χ4v) is 1.63. The molecule has 2 aromatic heterocycles. The molecule has 78 valence electrons. The van der Waals surface area contributed by atoms with Gasteiger partial charge in [0, 0.05) is 24.3 Å². The summed E-state index contributed by atoms with van der Waals surface area (Å²) in [5.74, 6) is 0.544. The summed E-state index contributed by atoms with van der Waals surface area (Å²) in [6.45, 7) is 2.23. The van der Waals surface area contributed by atoms with E-state index >= 15 is 0 Å². The zero-order chi connectivity index (χ0) is 10.5. The Balaban J connectivity index is 1.90. The maximum absolute atomic E-state index is 4.13. The minimum absolute atomic E-state index is 0.544. The second-order valence-electron chi connectivity index (χ2n) is 3.81. The van der Waals surface area contributed by atoms with Gasteiger partial charge in [0.25, 0.3) is 0 Å². The van der Waals surface area contributed by atoms with Crippen LogP contribution in [0.1, 0.15) is 30.5 Å². The van der Waals surface area contributed by atoms with Crippen molar-refractivity contribution in [3.8, 4) is 0 Å². The molecule has 0 saturated carbocycles. The Morgan fingerprint density at radius 1 is 1.33 bits per heavy atom. The molecular formula is C12H15N3. The van der Waals surface area contributed by atoms with Crippen LogP contribution in [0.25, 0.3) is 0 Å². The van der Waals surface area contributed by atoms with Crippen LogP contribution in [0.5, 0.6) is 0 Å². The lowest BCUT2D eigenvalue weighted by Gasteiger charge is -2.09. The van der Waals surface area contributed by atoms with Crippen molar-refractivity contribution in [3.05, 3.63) is 48.0 Å². The highest BCUT2D eigenvalue weighted by molar-refractivity contribution is 5.14. The first-order valence-corrected chi connectivity index (χ1v) is 5.24. The average molecular weight is 201 g/mol. The first-order valence-electron chi connectivity index (χ1n) is 5.24. The number of pyridine rings is 1. The molecule has 0 radical (unpaired) electrons. The molecule has 0 spiro atoms. The number of nitrogens with zero attached hydrogens (tertiary/aromatic N) is 2. The smallest absolute Gasteiger partial charge is 0.0490 e. The Morgan fingerprint density at radius 2 is 2.27 bits per heavy atom. The fraction of sp³-hybridized carbons (Fsp3) is 0.333. The molecule has 15 heavy (non-hydrogen) atoms. The molecule has 0 saturated heterocycles. The summed E-state index contributed by atoms with van der Waals surface area (Å²) in [5.41, 5.74) is 2.50. The van der Waals surface area contributed by atoms with Crippen LogP contribution in [-0.2, 0) is 6.42 Å². The van der Waals surface area contributed by atoms with Crippen molar-refractivity contribution in [3.63, 3.8) is 0 Å². The van der Waals surface area contributed by atoms with Crippen LogP contribution in [-0.4, -0.2) is 15.2 Å². The lowest BCUT2D eigenvalue weighted by Crippen LogP contribution is -1.97. The Morgan fingerprint density at radius 3 is 2.93 bits per heavy atom. The van der Waals surface area contributed by atoms with E-state index < -0.39 is 0 Å². The highest BCUT2D eigenvalue weighted by Gasteiger charge is 2.05. The van der Waals surface area contributed by atoms with Crippen molar-refractivity contribution in [2.24, 2.45) is 0 Å². The van der Waals surface area contributed by atoms with Crippen molar-refractivity contribution in [2.45, 2.75) is 25.7 Å². The van der Waals surface area contributed by atoms with Gasteiger partial charge in [-0.3, -0.25) is 10.1 Å². The molecule has 0 aromatic carbocycles. The van der Waals surface area contributed by atoms with Gasteiger partial charge >= 0.3 is 0 Å². The lowest BCUT2D eigenvalue weighted by atomic mass is 9.97. The van der Waals surface area contributed by atoms with Crippen LogP contribution in [0.2, 0.25) is 0 Å². The van der Waals surface area contributed by atoms with E-state index in [2.05, 4.69) is 28.2 Å². The van der Waals surface area contributed by atoms with Gasteiger partial charge in [-0.2, -0.15) is 5.10 Å². The van der Waals surface area contributed by atoms with Crippen molar-refractivity contribution in [2.75, 3.05) is 0 Å². The molecule has 0 amide bonds. The number of hydrogen-bond acceptors (Lipinski definition) is 2. The van der Waals surface area contributed by atoms with E-state index in [0.29, 0.717) is 5.92 Å². The summed E-state index contributed by atoms with van der Waals surface area (Å²) in [6.07, 6.45) is 7.71. The highest BCUT2D eigenvalue weighted by Crippen LogP contribution is 2.19. The monoisotopic (exact) mass is 201 g/mol. The Kier molecular flexibility index (Phi) is 3.12. The molecule has 2 heterocycles. The van der Waals surface area contributed by atoms with Crippen LogP contribution < -0.4 is 0 Å². The SMILES string of the molecule is CC(CCc1ccn[nH]1)c1cccnc1. The van der Waals surface area contributed by atoms with E-state index in [1.165, 1.54) is 11.3 Å². The lowest BCUT2D eigenvalue weighted by molar-refractivity contribution is 0.667. The quantitative estimate of drug-likeness (QED) is 0.825. The third-order valence-corrected chi connectivity index (χ3v) is 2.66. The maximum Gasteiger partial charge on any atom is 0.0490 e. The predicted octanol–water partition coefficient (Wildman–Crippen LogP) is 2.54. The normalized spacial score (nSPS) is 12.6. The first kappa shape index (κ1) is 9.90. The van der Waals surface area contributed by atoms with Crippen molar-refractivity contribution >= 4 is 0 Å². The van der Waals surface area contributed by atoms with E-state index in [9.17, 15) is 0 Å². The first-order chi connectivity index (χ1) is 7.36. The molecule has 1 atom stereocenters. The molecule has 0 aliphatic heterocycles. The number of rotatable bonds is 4. The molecule has 2 rings (SSSR count). The van der Waals surface area contributed by atoms with Gasteiger partial charge in [-0.25, -0.2) is 0 Å². The molecule has 1 N–H and O–H groups in total.